The van der Waals surface area contributed by atoms with Gasteiger partial charge in [-0.05, 0) is 19.1 Å². The Morgan fingerprint density at radius 2 is 2.47 bits per heavy atom. The maximum absolute atomic E-state index is 11.1. The number of esters is 1. The highest BCUT2D eigenvalue weighted by atomic mass is 35.5. The van der Waals surface area contributed by atoms with Crippen molar-refractivity contribution in [2.75, 3.05) is 6.61 Å². The summed E-state index contributed by atoms with van der Waals surface area (Å²) in [6.07, 6.45) is 0.399. The SMILES string of the molecule is CCOC(=O)CC(O)c1cc(Cl)ccn1. The fourth-order valence-electron chi connectivity index (χ4n) is 1.09. The molecule has 1 aromatic heterocycles. The molecule has 0 amide bonds. The van der Waals surface area contributed by atoms with E-state index in [2.05, 4.69) is 4.98 Å². The van der Waals surface area contributed by atoms with Crippen LogP contribution in [0.5, 0.6) is 0 Å². The van der Waals surface area contributed by atoms with Gasteiger partial charge in [-0.15, -0.1) is 0 Å². The van der Waals surface area contributed by atoms with Crippen LogP contribution in [0, 0.1) is 0 Å². The highest BCUT2D eigenvalue weighted by Gasteiger charge is 2.15. The van der Waals surface area contributed by atoms with Crippen molar-refractivity contribution in [3.8, 4) is 0 Å². The van der Waals surface area contributed by atoms with E-state index in [9.17, 15) is 9.90 Å². The third-order valence-corrected chi connectivity index (χ3v) is 1.98. The van der Waals surface area contributed by atoms with E-state index in [1.54, 1.807) is 13.0 Å². The second-order valence-electron chi connectivity index (χ2n) is 2.92. The van der Waals surface area contributed by atoms with Crippen LogP contribution in [0.1, 0.15) is 25.1 Å². The largest absolute Gasteiger partial charge is 0.466 e. The molecule has 0 radical (unpaired) electrons. The van der Waals surface area contributed by atoms with Crippen LogP contribution < -0.4 is 0 Å². The zero-order valence-electron chi connectivity index (χ0n) is 8.31. The van der Waals surface area contributed by atoms with Crippen molar-refractivity contribution in [1.82, 2.24) is 4.98 Å². The molecule has 1 N–H and O–H groups in total. The summed E-state index contributed by atoms with van der Waals surface area (Å²) in [6, 6.07) is 3.12. The Bertz CT molecular complexity index is 343. The molecule has 1 aromatic rings. The van der Waals surface area contributed by atoms with Gasteiger partial charge in [-0.2, -0.15) is 0 Å². The van der Waals surface area contributed by atoms with Crippen LogP contribution in [0.15, 0.2) is 18.3 Å². The van der Waals surface area contributed by atoms with Gasteiger partial charge in [-0.25, -0.2) is 0 Å². The summed E-state index contributed by atoms with van der Waals surface area (Å²) in [5, 5.41) is 10.1. The first-order chi connectivity index (χ1) is 7.13. The molecule has 0 bridgehead atoms. The van der Waals surface area contributed by atoms with E-state index in [1.807, 2.05) is 0 Å². The fraction of sp³-hybridized carbons (Fsp3) is 0.400. The summed E-state index contributed by atoms with van der Waals surface area (Å²) in [6.45, 7) is 2.01. The number of aromatic nitrogens is 1. The molecule has 1 unspecified atom stereocenters. The van der Waals surface area contributed by atoms with E-state index in [1.165, 1.54) is 12.3 Å². The van der Waals surface area contributed by atoms with Crippen molar-refractivity contribution in [2.45, 2.75) is 19.4 Å². The highest BCUT2D eigenvalue weighted by Crippen LogP contribution is 2.18. The Morgan fingerprint density at radius 1 is 1.73 bits per heavy atom. The van der Waals surface area contributed by atoms with Gasteiger partial charge < -0.3 is 9.84 Å². The molecule has 1 heterocycles. The predicted octanol–water partition coefficient (Wildman–Crippen LogP) is 1.72. The van der Waals surface area contributed by atoms with Gasteiger partial charge in [0.1, 0.15) is 6.10 Å². The van der Waals surface area contributed by atoms with Crippen LogP contribution in [-0.4, -0.2) is 22.7 Å². The van der Waals surface area contributed by atoms with Crippen molar-refractivity contribution in [2.24, 2.45) is 0 Å². The van der Waals surface area contributed by atoms with Crippen LogP contribution in [0.25, 0.3) is 0 Å². The Hall–Kier alpha value is -1.13. The van der Waals surface area contributed by atoms with Crippen molar-refractivity contribution in [3.05, 3.63) is 29.0 Å². The van der Waals surface area contributed by atoms with Gasteiger partial charge in [0.2, 0.25) is 0 Å². The number of carbonyl (C=O) groups excluding carboxylic acids is 1. The lowest BCUT2D eigenvalue weighted by Gasteiger charge is -2.09. The average Bonchev–Trinajstić information content (AvgIpc) is 2.18. The van der Waals surface area contributed by atoms with Crippen molar-refractivity contribution in [3.63, 3.8) is 0 Å². The molecule has 4 nitrogen and oxygen atoms in total. The molecule has 0 aliphatic rings. The minimum Gasteiger partial charge on any atom is -0.466 e. The van der Waals surface area contributed by atoms with Gasteiger partial charge in [0, 0.05) is 11.2 Å². The number of aliphatic hydroxyl groups is 1. The second kappa shape index (κ2) is 5.68. The third-order valence-electron chi connectivity index (χ3n) is 1.75. The van der Waals surface area contributed by atoms with Crippen LogP contribution in [0.3, 0.4) is 0 Å². The maximum atomic E-state index is 11.1. The van der Waals surface area contributed by atoms with Gasteiger partial charge in [-0.1, -0.05) is 11.6 Å². The standard InChI is InChI=1S/C10H12ClNO3/c1-2-15-10(14)6-9(13)8-5-7(11)3-4-12-8/h3-5,9,13H,2,6H2,1H3. The van der Waals surface area contributed by atoms with Crippen molar-refractivity contribution >= 4 is 17.6 Å². The average molecular weight is 230 g/mol. The lowest BCUT2D eigenvalue weighted by atomic mass is 10.2. The maximum Gasteiger partial charge on any atom is 0.308 e. The third kappa shape index (κ3) is 3.85. The minimum absolute atomic E-state index is 0.110. The molecule has 0 spiro atoms. The topological polar surface area (TPSA) is 59.4 Å². The number of halogens is 1. The van der Waals surface area contributed by atoms with Crippen LogP contribution in [0.4, 0.5) is 0 Å². The number of ether oxygens (including phenoxy) is 1. The predicted molar refractivity (Wildman–Crippen MR) is 55.5 cm³/mol. The summed E-state index contributed by atoms with van der Waals surface area (Å²) < 4.78 is 4.70. The first-order valence-corrected chi connectivity index (χ1v) is 4.96. The van der Waals surface area contributed by atoms with Gasteiger partial charge >= 0.3 is 5.97 Å². The number of rotatable bonds is 4. The summed E-state index contributed by atoms with van der Waals surface area (Å²) in [5.41, 5.74) is 0.371. The van der Waals surface area contributed by atoms with Gasteiger partial charge in [0.25, 0.3) is 0 Å². The fourth-order valence-corrected chi connectivity index (χ4v) is 1.25. The van der Waals surface area contributed by atoms with Crippen molar-refractivity contribution in [1.29, 1.82) is 0 Å². The monoisotopic (exact) mass is 229 g/mol. The molecule has 0 saturated heterocycles. The van der Waals surface area contributed by atoms with E-state index in [0.29, 0.717) is 17.3 Å². The molecular formula is C10H12ClNO3. The van der Waals surface area contributed by atoms with E-state index in [4.69, 9.17) is 16.3 Å². The van der Waals surface area contributed by atoms with Crippen LogP contribution >= 0.6 is 11.6 Å². The molecule has 0 aliphatic heterocycles. The summed E-state index contributed by atoms with van der Waals surface area (Å²) in [7, 11) is 0. The second-order valence-corrected chi connectivity index (χ2v) is 3.36. The smallest absolute Gasteiger partial charge is 0.308 e. The molecule has 5 heteroatoms. The number of pyridine rings is 1. The number of hydrogen-bond donors (Lipinski definition) is 1. The van der Waals surface area contributed by atoms with E-state index >= 15 is 0 Å². The first kappa shape index (κ1) is 11.9. The van der Waals surface area contributed by atoms with Gasteiger partial charge in [0.15, 0.2) is 0 Å². The molecular weight excluding hydrogens is 218 g/mol. The molecule has 1 atom stereocenters. The number of nitrogens with zero attached hydrogens (tertiary/aromatic N) is 1. The van der Waals surface area contributed by atoms with Gasteiger partial charge in [-0.3, -0.25) is 9.78 Å². The number of hydrogen-bond acceptors (Lipinski definition) is 4. The zero-order chi connectivity index (χ0) is 11.3. The first-order valence-electron chi connectivity index (χ1n) is 4.58. The Labute approximate surface area is 92.8 Å². The van der Waals surface area contributed by atoms with E-state index in [-0.39, 0.29) is 6.42 Å². The normalized spacial score (nSPS) is 12.2. The van der Waals surface area contributed by atoms with Crippen LogP contribution in [0.2, 0.25) is 5.02 Å². The van der Waals surface area contributed by atoms with Gasteiger partial charge in [0.05, 0.1) is 18.7 Å². The molecule has 0 fully saturated rings. The molecule has 0 saturated carbocycles. The Morgan fingerprint density at radius 3 is 3.07 bits per heavy atom. The summed E-state index contributed by atoms with van der Waals surface area (Å²) >= 11 is 5.72. The molecule has 15 heavy (non-hydrogen) atoms. The quantitative estimate of drug-likeness (QED) is 0.799. The Balaban J connectivity index is 2.60. The molecule has 0 aliphatic carbocycles. The van der Waals surface area contributed by atoms with E-state index in [0.717, 1.165) is 0 Å². The molecule has 0 aromatic carbocycles. The lowest BCUT2D eigenvalue weighted by molar-refractivity contribution is -0.145. The zero-order valence-corrected chi connectivity index (χ0v) is 9.07. The summed E-state index contributed by atoms with van der Waals surface area (Å²) in [5.74, 6) is -0.452. The minimum atomic E-state index is -0.970. The van der Waals surface area contributed by atoms with Crippen LogP contribution in [-0.2, 0) is 9.53 Å². The number of aliphatic hydroxyl groups excluding tert-OH is 1. The molecule has 82 valence electrons. The molecule has 1 rings (SSSR count). The Kier molecular flexibility index (Phi) is 4.52. The summed E-state index contributed by atoms with van der Waals surface area (Å²) in [4.78, 5) is 15.0. The highest BCUT2D eigenvalue weighted by molar-refractivity contribution is 6.30. The van der Waals surface area contributed by atoms with E-state index < -0.39 is 12.1 Å². The lowest BCUT2D eigenvalue weighted by Crippen LogP contribution is -2.10. The van der Waals surface area contributed by atoms with Crippen molar-refractivity contribution < 1.29 is 14.6 Å². The number of carbonyl (C=O) groups is 1.